The number of furan rings is 1. The second-order valence-corrected chi connectivity index (χ2v) is 8.06. The van der Waals surface area contributed by atoms with Crippen LogP contribution in [0, 0.1) is 13.8 Å². The number of aromatic nitrogens is 4. The number of carbonyl (C=O) groups excluding carboxylic acids is 1. The van der Waals surface area contributed by atoms with Crippen molar-refractivity contribution in [1.29, 1.82) is 0 Å². The Hall–Kier alpha value is -3.31. The average Bonchev–Trinajstić information content (AvgIpc) is 3.45. The molecule has 0 saturated carbocycles. The van der Waals surface area contributed by atoms with Crippen molar-refractivity contribution < 1.29 is 13.6 Å². The molecule has 0 fully saturated rings. The Labute approximate surface area is 181 Å². The highest BCUT2D eigenvalue weighted by atomic mass is 32.1. The third-order valence-corrected chi connectivity index (χ3v) is 5.57. The van der Waals surface area contributed by atoms with Gasteiger partial charge in [-0.05, 0) is 38.3 Å². The quantitative estimate of drug-likeness (QED) is 0.426. The van der Waals surface area contributed by atoms with Gasteiger partial charge in [-0.15, -0.1) is 21.5 Å². The molecule has 0 bridgehead atoms. The summed E-state index contributed by atoms with van der Waals surface area (Å²) in [5.74, 6) is 1.24. The number of amides is 1. The molecule has 0 spiro atoms. The maximum Gasteiger partial charge on any atom is 0.277 e. The number of aromatic amines is 1. The number of fused-ring (bicyclic) bond motifs is 1. The Morgan fingerprint density at radius 2 is 2.10 bits per heavy atom. The zero-order valence-electron chi connectivity index (χ0n) is 17.4. The van der Waals surface area contributed by atoms with Crippen LogP contribution in [0.4, 0.5) is 5.88 Å². The summed E-state index contributed by atoms with van der Waals surface area (Å²) in [4.78, 5) is 27.8. The van der Waals surface area contributed by atoms with Gasteiger partial charge in [0, 0.05) is 0 Å². The number of rotatable bonds is 8. The van der Waals surface area contributed by atoms with Crippen LogP contribution in [0.2, 0.25) is 0 Å². The fourth-order valence-corrected chi connectivity index (χ4v) is 4.08. The predicted molar refractivity (Wildman–Crippen MR) is 116 cm³/mol. The molecule has 0 radical (unpaired) electrons. The van der Waals surface area contributed by atoms with Crippen LogP contribution in [0.15, 0.2) is 31.1 Å². The number of carbonyl (C=O) groups is 1. The third-order valence-electron chi connectivity index (χ3n) is 4.72. The van der Waals surface area contributed by atoms with E-state index in [1.54, 1.807) is 13.8 Å². The second-order valence-electron chi connectivity index (χ2n) is 7.11. The molecule has 0 unspecified atom stereocenters. The summed E-state index contributed by atoms with van der Waals surface area (Å²) >= 11 is 1.52. The van der Waals surface area contributed by atoms with E-state index in [0.29, 0.717) is 41.7 Å². The van der Waals surface area contributed by atoms with Gasteiger partial charge in [-0.25, -0.2) is 5.10 Å². The molecule has 0 atom stereocenters. The van der Waals surface area contributed by atoms with E-state index in [1.807, 2.05) is 29.3 Å². The number of aryl methyl sites for hydroxylation is 2. The van der Waals surface area contributed by atoms with E-state index in [1.165, 1.54) is 11.3 Å². The van der Waals surface area contributed by atoms with Crippen LogP contribution < -0.4 is 10.9 Å². The first kappa shape index (κ1) is 20.9. The maximum atomic E-state index is 12.7. The normalized spacial score (nSPS) is 11.5. The van der Waals surface area contributed by atoms with Gasteiger partial charge in [0.15, 0.2) is 0 Å². The second kappa shape index (κ2) is 8.82. The molecule has 10 nitrogen and oxygen atoms in total. The SMILES string of the molecule is CCCN(CC(=O)Nc1oc(C)c2c(C)n[nH]c(=O)c12)Cc1nnc(-c2cccs2)o1. The number of nitrogens with one attached hydrogen (secondary N) is 2. The molecule has 4 heterocycles. The molecule has 11 heteroatoms. The number of thiophene rings is 1. The largest absolute Gasteiger partial charge is 0.444 e. The number of nitrogens with zero attached hydrogens (tertiary/aromatic N) is 4. The van der Waals surface area contributed by atoms with E-state index in [0.717, 1.165) is 11.3 Å². The molecule has 1 amide bonds. The van der Waals surface area contributed by atoms with Crippen molar-refractivity contribution in [3.63, 3.8) is 0 Å². The molecule has 4 rings (SSSR count). The highest BCUT2D eigenvalue weighted by molar-refractivity contribution is 7.13. The van der Waals surface area contributed by atoms with Crippen molar-refractivity contribution in [2.24, 2.45) is 0 Å². The Kier molecular flexibility index (Phi) is 5.96. The van der Waals surface area contributed by atoms with Crippen molar-refractivity contribution in [2.75, 3.05) is 18.4 Å². The first-order chi connectivity index (χ1) is 15.0. The zero-order valence-corrected chi connectivity index (χ0v) is 18.2. The summed E-state index contributed by atoms with van der Waals surface area (Å²) in [5, 5.41) is 20.1. The number of hydrogen-bond acceptors (Lipinski definition) is 9. The smallest absolute Gasteiger partial charge is 0.277 e. The molecule has 0 aliphatic rings. The highest BCUT2D eigenvalue weighted by Gasteiger charge is 2.21. The molecule has 4 aromatic rings. The zero-order chi connectivity index (χ0) is 22.0. The van der Waals surface area contributed by atoms with Gasteiger partial charge in [-0.3, -0.25) is 19.8 Å². The molecule has 31 heavy (non-hydrogen) atoms. The summed E-state index contributed by atoms with van der Waals surface area (Å²) in [6.45, 7) is 6.59. The number of H-pyrrole nitrogens is 1. The van der Waals surface area contributed by atoms with Gasteiger partial charge in [0.2, 0.25) is 17.7 Å². The van der Waals surface area contributed by atoms with Crippen LogP contribution in [0.3, 0.4) is 0 Å². The predicted octanol–water partition coefficient (Wildman–Crippen LogP) is 3.10. The maximum absolute atomic E-state index is 12.7. The summed E-state index contributed by atoms with van der Waals surface area (Å²) < 4.78 is 11.4. The number of anilines is 1. The lowest BCUT2D eigenvalue weighted by Crippen LogP contribution is -2.33. The first-order valence-electron chi connectivity index (χ1n) is 9.83. The minimum atomic E-state index is -0.412. The van der Waals surface area contributed by atoms with E-state index in [2.05, 4.69) is 25.7 Å². The first-order valence-corrected chi connectivity index (χ1v) is 10.7. The highest BCUT2D eigenvalue weighted by Crippen LogP contribution is 2.28. The topological polar surface area (TPSA) is 130 Å². The Morgan fingerprint density at radius 3 is 2.84 bits per heavy atom. The van der Waals surface area contributed by atoms with Crippen LogP contribution in [0.25, 0.3) is 21.5 Å². The fourth-order valence-electron chi connectivity index (χ4n) is 3.44. The lowest BCUT2D eigenvalue weighted by atomic mass is 10.2. The van der Waals surface area contributed by atoms with Crippen LogP contribution in [0.5, 0.6) is 0 Å². The van der Waals surface area contributed by atoms with E-state index in [-0.39, 0.29) is 23.7 Å². The molecular formula is C20H22N6O4S. The van der Waals surface area contributed by atoms with Crippen molar-refractivity contribution in [3.8, 4) is 10.8 Å². The van der Waals surface area contributed by atoms with Gasteiger partial charge in [0.25, 0.3) is 11.4 Å². The van der Waals surface area contributed by atoms with E-state index >= 15 is 0 Å². The van der Waals surface area contributed by atoms with Gasteiger partial charge < -0.3 is 8.83 Å². The number of hydrogen-bond donors (Lipinski definition) is 2. The summed E-state index contributed by atoms with van der Waals surface area (Å²) in [5.41, 5.74) is 0.215. The van der Waals surface area contributed by atoms with Crippen LogP contribution in [-0.2, 0) is 11.3 Å². The molecule has 2 N–H and O–H groups in total. The van der Waals surface area contributed by atoms with Crippen LogP contribution in [0.1, 0.15) is 30.7 Å². The van der Waals surface area contributed by atoms with Gasteiger partial charge in [0.05, 0.1) is 29.0 Å². The molecule has 0 aliphatic heterocycles. The van der Waals surface area contributed by atoms with E-state index in [9.17, 15) is 9.59 Å². The Balaban J connectivity index is 1.48. The van der Waals surface area contributed by atoms with Gasteiger partial charge >= 0.3 is 0 Å². The molecular weight excluding hydrogens is 420 g/mol. The Bertz CT molecular complexity index is 1260. The Morgan fingerprint density at radius 1 is 1.26 bits per heavy atom. The monoisotopic (exact) mass is 442 g/mol. The summed E-state index contributed by atoms with van der Waals surface area (Å²) in [6, 6.07) is 3.83. The average molecular weight is 443 g/mol. The molecule has 162 valence electrons. The fraction of sp³-hybridized carbons (Fsp3) is 0.350. The van der Waals surface area contributed by atoms with Gasteiger partial charge in [0.1, 0.15) is 11.1 Å². The molecule has 0 saturated heterocycles. The van der Waals surface area contributed by atoms with Crippen LogP contribution >= 0.6 is 11.3 Å². The van der Waals surface area contributed by atoms with E-state index < -0.39 is 5.56 Å². The van der Waals surface area contributed by atoms with Crippen molar-refractivity contribution in [1.82, 2.24) is 25.3 Å². The summed E-state index contributed by atoms with van der Waals surface area (Å²) in [7, 11) is 0. The lowest BCUT2D eigenvalue weighted by molar-refractivity contribution is -0.117. The van der Waals surface area contributed by atoms with E-state index in [4.69, 9.17) is 8.83 Å². The van der Waals surface area contributed by atoms with Crippen molar-refractivity contribution in [2.45, 2.75) is 33.7 Å². The lowest BCUT2D eigenvalue weighted by Gasteiger charge is -2.18. The van der Waals surface area contributed by atoms with Crippen molar-refractivity contribution in [3.05, 3.63) is 45.2 Å². The standard InChI is InChI=1S/C20H22N6O4S/c1-4-7-26(10-15-23-25-19(30-15)13-6-5-8-31-13)9-14(27)21-20-17-16(12(3)29-20)11(2)22-24-18(17)28/h5-6,8H,4,7,9-10H2,1-3H3,(H,21,27)(H,24,28). The minimum Gasteiger partial charge on any atom is -0.444 e. The molecule has 4 aromatic heterocycles. The van der Waals surface area contributed by atoms with Crippen LogP contribution in [-0.4, -0.2) is 44.3 Å². The van der Waals surface area contributed by atoms with Gasteiger partial charge in [-0.2, -0.15) is 5.10 Å². The third kappa shape index (κ3) is 4.42. The molecule has 0 aromatic carbocycles. The minimum absolute atomic E-state index is 0.0771. The van der Waals surface area contributed by atoms with Crippen molar-refractivity contribution >= 4 is 33.9 Å². The summed E-state index contributed by atoms with van der Waals surface area (Å²) in [6.07, 6.45) is 0.840. The van der Waals surface area contributed by atoms with Gasteiger partial charge in [-0.1, -0.05) is 13.0 Å². The molecule has 0 aliphatic carbocycles.